The topological polar surface area (TPSA) is 41.6 Å². The molecule has 0 saturated carbocycles. The molecule has 0 bridgehead atoms. The number of aromatic nitrogens is 3. The van der Waals surface area contributed by atoms with Crippen LogP contribution in [0.5, 0.6) is 0 Å². The molecule has 0 aliphatic carbocycles. The van der Waals surface area contributed by atoms with Gasteiger partial charge < -0.3 is 4.98 Å². The van der Waals surface area contributed by atoms with E-state index < -0.39 is 0 Å². The van der Waals surface area contributed by atoms with Gasteiger partial charge in [0.2, 0.25) is 0 Å². The van der Waals surface area contributed by atoms with Gasteiger partial charge in [-0.1, -0.05) is 66.7 Å². The van der Waals surface area contributed by atoms with Gasteiger partial charge in [0.15, 0.2) is 0 Å². The Kier molecular flexibility index (Phi) is 3.90. The van der Waals surface area contributed by atoms with Crippen LogP contribution in [0.4, 0.5) is 0 Å². The van der Waals surface area contributed by atoms with Crippen molar-refractivity contribution in [1.82, 2.24) is 15.0 Å². The first-order valence-electron chi connectivity index (χ1n) is 8.00. The monoisotopic (exact) mass is 311 g/mol. The first kappa shape index (κ1) is 14.4. The Bertz CT molecular complexity index is 856. The molecule has 3 nitrogen and oxygen atoms in total. The lowest BCUT2D eigenvalue weighted by atomic mass is 10.1. The Balaban J connectivity index is 1.79. The van der Waals surface area contributed by atoms with Crippen molar-refractivity contribution < 1.29 is 0 Å². The lowest BCUT2D eigenvalue weighted by molar-refractivity contribution is 0.978. The van der Waals surface area contributed by atoms with Crippen LogP contribution in [-0.4, -0.2) is 15.0 Å². The Morgan fingerprint density at radius 2 is 1.38 bits per heavy atom. The van der Waals surface area contributed by atoms with E-state index in [2.05, 4.69) is 34.2 Å². The molecule has 24 heavy (non-hydrogen) atoms. The number of nitrogens with one attached hydrogen (secondary N) is 1. The number of benzene rings is 2. The number of rotatable bonds is 4. The zero-order valence-corrected chi connectivity index (χ0v) is 13.2. The summed E-state index contributed by atoms with van der Waals surface area (Å²) < 4.78 is 0. The van der Waals surface area contributed by atoms with E-state index in [-0.39, 0.29) is 0 Å². The molecule has 2 aromatic heterocycles. The maximum absolute atomic E-state index is 4.86. The van der Waals surface area contributed by atoms with Crippen LogP contribution in [0.3, 0.4) is 0 Å². The van der Waals surface area contributed by atoms with Crippen molar-refractivity contribution in [3.63, 3.8) is 0 Å². The van der Waals surface area contributed by atoms with Crippen molar-refractivity contribution in [1.29, 1.82) is 0 Å². The van der Waals surface area contributed by atoms with Gasteiger partial charge in [0.05, 0.1) is 11.4 Å². The highest BCUT2D eigenvalue weighted by Crippen LogP contribution is 2.30. The third-order valence-corrected chi connectivity index (χ3v) is 3.94. The number of H-pyrrole nitrogens is 1. The fourth-order valence-electron chi connectivity index (χ4n) is 2.80. The van der Waals surface area contributed by atoms with Crippen molar-refractivity contribution in [2.75, 3.05) is 0 Å². The van der Waals surface area contributed by atoms with E-state index in [1.54, 1.807) is 0 Å². The van der Waals surface area contributed by atoms with Crippen LogP contribution >= 0.6 is 0 Å². The minimum Gasteiger partial charge on any atom is -0.341 e. The van der Waals surface area contributed by atoms with E-state index >= 15 is 0 Å². The summed E-state index contributed by atoms with van der Waals surface area (Å²) in [6.45, 7) is 0. The molecule has 2 aromatic carbocycles. The quantitative estimate of drug-likeness (QED) is 0.592. The van der Waals surface area contributed by atoms with Crippen LogP contribution in [-0.2, 0) is 6.42 Å². The van der Waals surface area contributed by atoms with Crippen LogP contribution in [0.1, 0.15) is 11.5 Å². The number of aromatic amines is 1. The van der Waals surface area contributed by atoms with Crippen LogP contribution < -0.4 is 0 Å². The average molecular weight is 311 g/mol. The molecular formula is C21H17N3. The Hall–Kier alpha value is -3.20. The lowest BCUT2D eigenvalue weighted by Crippen LogP contribution is -1.93. The Morgan fingerprint density at radius 1 is 0.708 bits per heavy atom. The largest absolute Gasteiger partial charge is 0.341 e. The summed E-state index contributed by atoms with van der Waals surface area (Å²) in [5.41, 5.74) is 5.28. The van der Waals surface area contributed by atoms with Gasteiger partial charge in [0, 0.05) is 29.4 Å². The van der Waals surface area contributed by atoms with E-state index in [1.807, 2.05) is 60.8 Å². The van der Waals surface area contributed by atoms with Gasteiger partial charge in [-0.05, 0) is 12.1 Å². The Labute approximate surface area is 141 Å². The lowest BCUT2D eigenvalue weighted by Gasteiger charge is -2.02. The highest BCUT2D eigenvalue weighted by atomic mass is 14.9. The zero-order chi connectivity index (χ0) is 16.2. The van der Waals surface area contributed by atoms with E-state index in [1.165, 1.54) is 0 Å². The molecule has 116 valence electrons. The van der Waals surface area contributed by atoms with Crippen molar-refractivity contribution in [3.05, 3.63) is 96.6 Å². The number of hydrogen-bond acceptors (Lipinski definition) is 2. The number of pyridine rings is 1. The average Bonchev–Trinajstić information content (AvgIpc) is 3.08. The number of imidazole rings is 1. The predicted octanol–water partition coefficient (Wildman–Crippen LogP) is 4.73. The molecule has 2 heterocycles. The molecule has 0 aliphatic heterocycles. The van der Waals surface area contributed by atoms with Crippen molar-refractivity contribution in [2.24, 2.45) is 0 Å². The number of nitrogens with zero attached hydrogens (tertiary/aromatic N) is 2. The molecule has 0 spiro atoms. The second-order valence-electron chi connectivity index (χ2n) is 5.64. The zero-order valence-electron chi connectivity index (χ0n) is 13.2. The fourth-order valence-corrected chi connectivity index (χ4v) is 2.80. The third kappa shape index (κ3) is 2.97. The maximum atomic E-state index is 4.86. The molecule has 0 radical (unpaired) electrons. The third-order valence-electron chi connectivity index (χ3n) is 3.94. The van der Waals surface area contributed by atoms with E-state index in [4.69, 9.17) is 4.98 Å². The molecule has 4 aromatic rings. The molecule has 0 saturated heterocycles. The summed E-state index contributed by atoms with van der Waals surface area (Å²) in [6.07, 6.45) is 2.50. The van der Waals surface area contributed by atoms with Crippen LogP contribution in [0.15, 0.2) is 85.1 Å². The minimum atomic E-state index is 0.688. The Morgan fingerprint density at radius 3 is 2.04 bits per heavy atom. The van der Waals surface area contributed by atoms with Gasteiger partial charge in [-0.3, -0.25) is 4.98 Å². The van der Waals surface area contributed by atoms with Gasteiger partial charge in [-0.15, -0.1) is 0 Å². The number of hydrogen-bond donors (Lipinski definition) is 1. The molecule has 0 atom stereocenters. The normalized spacial score (nSPS) is 10.7. The summed E-state index contributed by atoms with van der Waals surface area (Å²) in [5.74, 6) is 0.923. The van der Waals surface area contributed by atoms with Crippen LogP contribution in [0, 0.1) is 0 Å². The summed E-state index contributed by atoms with van der Waals surface area (Å²) in [5, 5.41) is 0. The molecular weight excluding hydrogens is 294 g/mol. The predicted molar refractivity (Wildman–Crippen MR) is 96.5 cm³/mol. The standard InChI is InChI=1S/C21H17N3/c1-3-9-16(10-4-1)20-21(17-11-5-2-6-12-17)24-19(23-20)15-18-13-7-8-14-22-18/h1-14H,15H2,(H,23,24). The highest BCUT2D eigenvalue weighted by molar-refractivity contribution is 5.78. The first-order chi connectivity index (χ1) is 11.9. The van der Waals surface area contributed by atoms with Gasteiger partial charge in [-0.25, -0.2) is 4.98 Å². The van der Waals surface area contributed by atoms with E-state index in [0.29, 0.717) is 6.42 Å². The van der Waals surface area contributed by atoms with E-state index in [9.17, 15) is 0 Å². The van der Waals surface area contributed by atoms with Crippen LogP contribution in [0.25, 0.3) is 22.5 Å². The van der Waals surface area contributed by atoms with E-state index in [0.717, 1.165) is 34.0 Å². The highest BCUT2D eigenvalue weighted by Gasteiger charge is 2.14. The molecule has 4 rings (SSSR count). The van der Waals surface area contributed by atoms with Crippen molar-refractivity contribution in [3.8, 4) is 22.5 Å². The first-order valence-corrected chi connectivity index (χ1v) is 8.00. The van der Waals surface area contributed by atoms with Gasteiger partial charge in [0.25, 0.3) is 0 Å². The summed E-state index contributed by atoms with van der Waals surface area (Å²) in [7, 11) is 0. The summed E-state index contributed by atoms with van der Waals surface area (Å²) >= 11 is 0. The van der Waals surface area contributed by atoms with Gasteiger partial charge >= 0.3 is 0 Å². The second kappa shape index (κ2) is 6.50. The maximum Gasteiger partial charge on any atom is 0.113 e. The van der Waals surface area contributed by atoms with Gasteiger partial charge in [-0.2, -0.15) is 0 Å². The fraction of sp³-hybridized carbons (Fsp3) is 0.0476. The summed E-state index contributed by atoms with van der Waals surface area (Å²) in [4.78, 5) is 12.7. The minimum absolute atomic E-state index is 0.688. The SMILES string of the molecule is c1ccc(-c2nc(Cc3ccccn3)[nH]c2-c2ccccc2)cc1. The molecule has 1 N–H and O–H groups in total. The molecule has 0 aliphatic rings. The van der Waals surface area contributed by atoms with Crippen molar-refractivity contribution >= 4 is 0 Å². The second-order valence-corrected chi connectivity index (χ2v) is 5.64. The summed E-state index contributed by atoms with van der Waals surface area (Å²) in [6, 6.07) is 26.5. The smallest absolute Gasteiger partial charge is 0.113 e. The molecule has 0 unspecified atom stereocenters. The molecule has 3 heteroatoms. The van der Waals surface area contributed by atoms with Crippen LogP contribution in [0.2, 0.25) is 0 Å². The molecule has 0 fully saturated rings. The van der Waals surface area contributed by atoms with Crippen molar-refractivity contribution in [2.45, 2.75) is 6.42 Å². The van der Waals surface area contributed by atoms with Gasteiger partial charge in [0.1, 0.15) is 5.82 Å². The molecule has 0 amide bonds.